The lowest BCUT2D eigenvalue weighted by molar-refractivity contribution is -0.123. The maximum absolute atomic E-state index is 12.0. The van der Waals surface area contributed by atoms with E-state index in [1.807, 2.05) is 5.32 Å². The molecule has 21 heavy (non-hydrogen) atoms. The third-order valence-electron chi connectivity index (χ3n) is 3.39. The first kappa shape index (κ1) is 15.6. The number of alkyl halides is 3. The first-order chi connectivity index (χ1) is 9.96. The highest BCUT2D eigenvalue weighted by molar-refractivity contribution is 5.94. The van der Waals surface area contributed by atoms with Crippen molar-refractivity contribution in [3.8, 4) is 0 Å². The molecule has 7 heteroatoms. The Hall–Kier alpha value is -1.79. The molecule has 1 aliphatic heterocycles. The average molecular weight is 301 g/mol. The third kappa shape index (κ3) is 4.91. The van der Waals surface area contributed by atoms with Crippen LogP contribution in [-0.2, 0) is 0 Å². The molecule has 1 aliphatic rings. The molecule has 0 radical (unpaired) electrons. The monoisotopic (exact) mass is 301 g/mol. The van der Waals surface area contributed by atoms with E-state index in [9.17, 15) is 18.0 Å². The van der Waals surface area contributed by atoms with Crippen LogP contribution in [0, 0.1) is 0 Å². The van der Waals surface area contributed by atoms with E-state index in [1.54, 1.807) is 6.07 Å². The summed E-state index contributed by atoms with van der Waals surface area (Å²) in [5.74, 6) is 0.00603. The Balaban J connectivity index is 1.96. The van der Waals surface area contributed by atoms with E-state index in [1.165, 1.54) is 25.1 Å². The summed E-state index contributed by atoms with van der Waals surface area (Å²) in [4.78, 5) is 17.9. The lowest BCUT2D eigenvalue weighted by Gasteiger charge is -2.21. The fraction of sp³-hybridized carbons (Fsp3) is 0.571. The van der Waals surface area contributed by atoms with Gasteiger partial charge in [-0.15, -0.1) is 0 Å². The number of aromatic nitrogens is 1. The molecule has 1 amide bonds. The van der Waals surface area contributed by atoms with Crippen molar-refractivity contribution in [2.45, 2.75) is 31.9 Å². The number of hydrogen-bond donors (Lipinski definition) is 1. The summed E-state index contributed by atoms with van der Waals surface area (Å²) in [5, 5.41) is 1.83. The number of halogens is 3. The molecule has 1 aromatic heterocycles. The van der Waals surface area contributed by atoms with Crippen LogP contribution in [0.4, 0.5) is 19.0 Å². The van der Waals surface area contributed by atoms with E-state index in [-0.39, 0.29) is 5.56 Å². The second-order valence-electron chi connectivity index (χ2n) is 5.10. The Labute approximate surface area is 121 Å². The maximum Gasteiger partial charge on any atom is 0.405 e. The fourth-order valence-corrected chi connectivity index (χ4v) is 2.29. The van der Waals surface area contributed by atoms with Gasteiger partial charge in [0.15, 0.2) is 0 Å². The van der Waals surface area contributed by atoms with Gasteiger partial charge in [0, 0.05) is 19.3 Å². The quantitative estimate of drug-likeness (QED) is 0.933. The molecule has 4 nitrogen and oxygen atoms in total. The van der Waals surface area contributed by atoms with E-state index >= 15 is 0 Å². The molecule has 0 aliphatic carbocycles. The number of anilines is 1. The van der Waals surface area contributed by atoms with Crippen molar-refractivity contribution in [3.05, 3.63) is 23.9 Å². The molecule has 2 heterocycles. The minimum absolute atomic E-state index is 0.137. The highest BCUT2D eigenvalue weighted by Crippen LogP contribution is 2.17. The minimum atomic E-state index is -4.41. The number of nitrogens with zero attached hydrogens (tertiary/aromatic N) is 2. The molecule has 116 valence electrons. The molecule has 0 unspecified atom stereocenters. The Morgan fingerprint density at radius 3 is 2.38 bits per heavy atom. The van der Waals surface area contributed by atoms with Crippen LogP contribution in [0.1, 0.15) is 36.0 Å². The van der Waals surface area contributed by atoms with Crippen molar-refractivity contribution in [1.82, 2.24) is 10.3 Å². The maximum atomic E-state index is 12.0. The Morgan fingerprint density at radius 2 is 1.86 bits per heavy atom. The van der Waals surface area contributed by atoms with Gasteiger partial charge in [-0.2, -0.15) is 13.2 Å². The summed E-state index contributed by atoms with van der Waals surface area (Å²) < 4.78 is 36.1. The minimum Gasteiger partial charge on any atom is -0.357 e. The van der Waals surface area contributed by atoms with Crippen LogP contribution in [0.15, 0.2) is 18.3 Å². The summed E-state index contributed by atoms with van der Waals surface area (Å²) in [5.41, 5.74) is 0.137. The SMILES string of the molecule is O=C(NCC(F)(F)F)c1ccc(N2CCCCCC2)nc1. The molecule has 1 fully saturated rings. The number of pyridine rings is 1. The predicted molar refractivity (Wildman–Crippen MR) is 73.3 cm³/mol. The van der Waals surface area contributed by atoms with Gasteiger partial charge < -0.3 is 10.2 Å². The predicted octanol–water partition coefficient (Wildman–Crippen LogP) is 2.75. The smallest absolute Gasteiger partial charge is 0.357 e. The topological polar surface area (TPSA) is 45.2 Å². The second-order valence-corrected chi connectivity index (χ2v) is 5.10. The van der Waals surface area contributed by atoms with Crippen LogP contribution in [0.25, 0.3) is 0 Å². The van der Waals surface area contributed by atoms with E-state index in [0.717, 1.165) is 31.7 Å². The summed E-state index contributed by atoms with van der Waals surface area (Å²) in [6, 6.07) is 3.20. The highest BCUT2D eigenvalue weighted by atomic mass is 19.4. The van der Waals surface area contributed by atoms with Gasteiger partial charge in [-0.3, -0.25) is 4.79 Å². The van der Waals surface area contributed by atoms with Gasteiger partial charge in [-0.05, 0) is 25.0 Å². The summed E-state index contributed by atoms with van der Waals surface area (Å²) in [6.45, 7) is 0.513. The molecule has 1 saturated heterocycles. The lowest BCUT2D eigenvalue weighted by atomic mass is 10.2. The first-order valence-electron chi connectivity index (χ1n) is 7.02. The van der Waals surface area contributed by atoms with Gasteiger partial charge in [-0.1, -0.05) is 12.8 Å². The zero-order valence-electron chi connectivity index (χ0n) is 11.6. The molecule has 0 saturated carbocycles. The number of hydrogen-bond acceptors (Lipinski definition) is 3. The number of carbonyl (C=O) groups excluding carboxylic acids is 1. The van der Waals surface area contributed by atoms with Crippen LogP contribution in [0.5, 0.6) is 0 Å². The number of carbonyl (C=O) groups is 1. The fourth-order valence-electron chi connectivity index (χ4n) is 2.29. The van der Waals surface area contributed by atoms with Crippen molar-refractivity contribution in [2.24, 2.45) is 0 Å². The van der Waals surface area contributed by atoms with E-state index in [0.29, 0.717) is 0 Å². The summed E-state index contributed by atoms with van der Waals surface area (Å²) in [7, 11) is 0. The lowest BCUT2D eigenvalue weighted by Crippen LogP contribution is -2.33. The van der Waals surface area contributed by atoms with Crippen LogP contribution in [0.2, 0.25) is 0 Å². The number of nitrogens with one attached hydrogen (secondary N) is 1. The normalized spacial score (nSPS) is 16.4. The number of rotatable bonds is 3. The largest absolute Gasteiger partial charge is 0.405 e. The second kappa shape index (κ2) is 6.78. The van der Waals surface area contributed by atoms with E-state index < -0.39 is 18.6 Å². The standard InChI is InChI=1S/C14H18F3N3O/c15-14(16,17)10-19-13(21)11-5-6-12(18-9-11)20-7-3-1-2-4-8-20/h5-6,9H,1-4,7-8,10H2,(H,19,21). The van der Waals surface area contributed by atoms with E-state index in [4.69, 9.17) is 0 Å². The van der Waals surface area contributed by atoms with Crippen molar-refractivity contribution < 1.29 is 18.0 Å². The van der Waals surface area contributed by atoms with Crippen molar-refractivity contribution in [1.29, 1.82) is 0 Å². The van der Waals surface area contributed by atoms with Gasteiger partial charge in [0.05, 0.1) is 5.56 Å². The zero-order valence-corrected chi connectivity index (χ0v) is 11.6. The molecule has 0 atom stereocenters. The van der Waals surface area contributed by atoms with Gasteiger partial charge >= 0.3 is 6.18 Å². The molecular formula is C14H18F3N3O. The highest BCUT2D eigenvalue weighted by Gasteiger charge is 2.28. The first-order valence-corrected chi connectivity index (χ1v) is 7.02. The van der Waals surface area contributed by atoms with Crippen molar-refractivity contribution in [2.75, 3.05) is 24.5 Å². The molecule has 0 bridgehead atoms. The van der Waals surface area contributed by atoms with Crippen LogP contribution in [0.3, 0.4) is 0 Å². The van der Waals surface area contributed by atoms with Gasteiger partial charge in [0.25, 0.3) is 5.91 Å². The molecule has 1 aromatic rings. The number of amides is 1. The summed E-state index contributed by atoms with van der Waals surface area (Å²) >= 11 is 0. The van der Waals surface area contributed by atoms with Crippen LogP contribution in [-0.4, -0.2) is 36.7 Å². The molecule has 2 rings (SSSR count). The van der Waals surface area contributed by atoms with E-state index in [2.05, 4.69) is 9.88 Å². The molecular weight excluding hydrogens is 283 g/mol. The Kier molecular flexibility index (Phi) is 5.03. The third-order valence-corrected chi connectivity index (χ3v) is 3.39. The van der Waals surface area contributed by atoms with Crippen molar-refractivity contribution in [3.63, 3.8) is 0 Å². The Bertz CT molecular complexity index is 465. The Morgan fingerprint density at radius 1 is 1.19 bits per heavy atom. The van der Waals surface area contributed by atoms with Crippen LogP contribution >= 0.6 is 0 Å². The summed E-state index contributed by atoms with van der Waals surface area (Å²) in [6.07, 6.45) is 1.54. The van der Waals surface area contributed by atoms with Crippen molar-refractivity contribution >= 4 is 11.7 Å². The van der Waals surface area contributed by atoms with Crippen LogP contribution < -0.4 is 10.2 Å². The molecule has 0 spiro atoms. The zero-order chi connectivity index (χ0) is 15.3. The van der Waals surface area contributed by atoms with Gasteiger partial charge in [0.1, 0.15) is 12.4 Å². The molecule has 1 N–H and O–H groups in total. The average Bonchev–Trinajstić information content (AvgIpc) is 2.73. The van der Waals surface area contributed by atoms with Gasteiger partial charge in [0.2, 0.25) is 0 Å². The molecule has 0 aromatic carbocycles. The van der Waals surface area contributed by atoms with Gasteiger partial charge in [-0.25, -0.2) is 4.98 Å².